The van der Waals surface area contributed by atoms with Gasteiger partial charge in [-0.25, -0.2) is 12.8 Å². The largest absolute Gasteiger partial charge is 0.355 e. The van der Waals surface area contributed by atoms with Crippen molar-refractivity contribution in [2.75, 3.05) is 21.6 Å². The summed E-state index contributed by atoms with van der Waals surface area (Å²) in [7, 11) is -3.42. The van der Waals surface area contributed by atoms with Crippen LogP contribution >= 0.6 is 0 Å². The number of sulfonamides is 1. The minimum atomic E-state index is -3.42. The number of carbonyl (C=O) groups is 1. The fourth-order valence-corrected chi connectivity index (χ4v) is 3.11. The van der Waals surface area contributed by atoms with E-state index in [0.29, 0.717) is 28.3 Å². The molecular formula is C20H18FN3O3S. The molecule has 3 aromatic rings. The summed E-state index contributed by atoms with van der Waals surface area (Å²) in [5, 5.41) is 5.84. The second-order valence-corrected chi connectivity index (χ2v) is 7.84. The van der Waals surface area contributed by atoms with Gasteiger partial charge in [0, 0.05) is 11.4 Å². The third-order valence-corrected chi connectivity index (χ3v) is 4.33. The van der Waals surface area contributed by atoms with Crippen molar-refractivity contribution < 1.29 is 17.6 Å². The lowest BCUT2D eigenvalue weighted by Gasteiger charge is -2.13. The van der Waals surface area contributed by atoms with Crippen LogP contribution in [0.4, 0.5) is 27.1 Å². The van der Waals surface area contributed by atoms with Crippen LogP contribution < -0.4 is 15.4 Å². The number of halogens is 1. The molecule has 0 saturated carbocycles. The maximum atomic E-state index is 13.1. The fraction of sp³-hybridized carbons (Fsp3) is 0.0500. The molecular weight excluding hydrogens is 381 g/mol. The van der Waals surface area contributed by atoms with E-state index < -0.39 is 10.0 Å². The molecule has 0 aliphatic heterocycles. The summed E-state index contributed by atoms with van der Waals surface area (Å²) < 4.78 is 38.2. The number of hydrogen-bond donors (Lipinski definition) is 3. The Kier molecular flexibility index (Phi) is 5.60. The van der Waals surface area contributed by atoms with Crippen molar-refractivity contribution in [3.8, 4) is 0 Å². The normalized spacial score (nSPS) is 10.9. The first kappa shape index (κ1) is 19.4. The Bertz CT molecular complexity index is 1100. The molecule has 0 aromatic heterocycles. The number of amides is 1. The topological polar surface area (TPSA) is 87.3 Å². The minimum absolute atomic E-state index is 0.345. The zero-order valence-corrected chi connectivity index (χ0v) is 15.8. The van der Waals surface area contributed by atoms with Gasteiger partial charge in [-0.1, -0.05) is 18.2 Å². The number of rotatable bonds is 6. The molecule has 3 rings (SSSR count). The molecule has 8 heteroatoms. The van der Waals surface area contributed by atoms with E-state index in [2.05, 4.69) is 15.4 Å². The van der Waals surface area contributed by atoms with Crippen LogP contribution in [-0.4, -0.2) is 20.6 Å². The van der Waals surface area contributed by atoms with Crippen molar-refractivity contribution in [2.45, 2.75) is 0 Å². The van der Waals surface area contributed by atoms with Gasteiger partial charge in [0.15, 0.2) is 0 Å². The predicted molar refractivity (Wildman–Crippen MR) is 109 cm³/mol. The second-order valence-electron chi connectivity index (χ2n) is 6.09. The van der Waals surface area contributed by atoms with Crippen molar-refractivity contribution >= 4 is 38.7 Å². The lowest BCUT2D eigenvalue weighted by Crippen LogP contribution is -2.14. The van der Waals surface area contributed by atoms with E-state index >= 15 is 0 Å². The van der Waals surface area contributed by atoms with Crippen molar-refractivity contribution in [3.63, 3.8) is 0 Å². The van der Waals surface area contributed by atoms with E-state index in [9.17, 15) is 17.6 Å². The van der Waals surface area contributed by atoms with Crippen molar-refractivity contribution in [1.82, 2.24) is 0 Å². The van der Waals surface area contributed by atoms with Crippen LogP contribution in [0.5, 0.6) is 0 Å². The molecule has 144 valence electrons. The standard InChI is InChI=1S/C20H18FN3O3S/c1-28(26,27)24-17-6-4-5-16(13-17)23-20(25)18-7-2-3-8-19(18)22-15-11-9-14(21)10-12-15/h2-13,22,24H,1H3,(H,23,25). The zero-order valence-electron chi connectivity index (χ0n) is 14.9. The molecule has 6 nitrogen and oxygen atoms in total. The highest BCUT2D eigenvalue weighted by molar-refractivity contribution is 7.92. The molecule has 28 heavy (non-hydrogen) atoms. The van der Waals surface area contributed by atoms with Crippen LogP contribution in [0.1, 0.15) is 10.4 Å². The third kappa shape index (κ3) is 5.31. The zero-order chi connectivity index (χ0) is 20.1. The SMILES string of the molecule is CS(=O)(=O)Nc1cccc(NC(=O)c2ccccc2Nc2ccc(F)cc2)c1. The Balaban J connectivity index is 1.80. The molecule has 0 heterocycles. The first-order valence-corrected chi connectivity index (χ1v) is 10.2. The Morgan fingerprint density at radius 2 is 1.54 bits per heavy atom. The summed E-state index contributed by atoms with van der Waals surface area (Å²) in [6.07, 6.45) is 1.05. The lowest BCUT2D eigenvalue weighted by atomic mass is 10.1. The summed E-state index contributed by atoms with van der Waals surface area (Å²) in [5.41, 5.74) is 2.36. The fourth-order valence-electron chi connectivity index (χ4n) is 2.55. The molecule has 0 fully saturated rings. The van der Waals surface area contributed by atoms with E-state index in [1.54, 1.807) is 54.6 Å². The molecule has 0 saturated heterocycles. The third-order valence-electron chi connectivity index (χ3n) is 3.72. The highest BCUT2D eigenvalue weighted by atomic mass is 32.2. The van der Waals surface area contributed by atoms with Gasteiger partial charge in [-0.2, -0.15) is 0 Å². The Hall–Kier alpha value is -3.39. The van der Waals surface area contributed by atoms with Gasteiger partial charge in [0.05, 0.1) is 23.2 Å². The second kappa shape index (κ2) is 8.10. The number of benzene rings is 3. The van der Waals surface area contributed by atoms with Gasteiger partial charge in [-0.05, 0) is 54.6 Å². The van der Waals surface area contributed by atoms with Crippen molar-refractivity contribution in [3.05, 3.63) is 84.2 Å². The van der Waals surface area contributed by atoms with Crippen LogP contribution in [0.15, 0.2) is 72.8 Å². The molecule has 0 aliphatic carbocycles. The Morgan fingerprint density at radius 1 is 0.857 bits per heavy atom. The van der Waals surface area contributed by atoms with Gasteiger partial charge in [0.25, 0.3) is 5.91 Å². The number of hydrogen-bond acceptors (Lipinski definition) is 4. The van der Waals surface area contributed by atoms with Crippen LogP contribution in [0, 0.1) is 5.82 Å². The quantitative estimate of drug-likeness (QED) is 0.580. The molecule has 0 radical (unpaired) electrons. The first-order valence-electron chi connectivity index (χ1n) is 8.31. The molecule has 3 aromatic carbocycles. The maximum absolute atomic E-state index is 13.1. The molecule has 0 atom stereocenters. The van der Waals surface area contributed by atoms with Gasteiger partial charge in [0.1, 0.15) is 5.82 Å². The van der Waals surface area contributed by atoms with E-state index in [1.807, 2.05) is 0 Å². The number of carbonyl (C=O) groups excluding carboxylic acids is 1. The van der Waals surface area contributed by atoms with Gasteiger partial charge < -0.3 is 10.6 Å². The lowest BCUT2D eigenvalue weighted by molar-refractivity contribution is 0.102. The summed E-state index contributed by atoms with van der Waals surface area (Å²) in [6, 6.07) is 19.1. The molecule has 0 aliphatic rings. The summed E-state index contributed by atoms with van der Waals surface area (Å²) >= 11 is 0. The van der Waals surface area contributed by atoms with E-state index in [0.717, 1.165) is 6.26 Å². The highest BCUT2D eigenvalue weighted by Crippen LogP contribution is 2.23. The average molecular weight is 399 g/mol. The molecule has 0 bridgehead atoms. The van der Waals surface area contributed by atoms with Crippen molar-refractivity contribution in [1.29, 1.82) is 0 Å². The summed E-state index contributed by atoms with van der Waals surface area (Å²) in [4.78, 5) is 12.7. The number of para-hydroxylation sites is 1. The van der Waals surface area contributed by atoms with E-state index in [4.69, 9.17) is 0 Å². The molecule has 0 unspecified atom stereocenters. The molecule has 1 amide bonds. The van der Waals surface area contributed by atoms with Gasteiger partial charge in [0.2, 0.25) is 10.0 Å². The van der Waals surface area contributed by atoms with Gasteiger partial charge >= 0.3 is 0 Å². The highest BCUT2D eigenvalue weighted by Gasteiger charge is 2.12. The van der Waals surface area contributed by atoms with Gasteiger partial charge in [-0.15, -0.1) is 0 Å². The van der Waals surface area contributed by atoms with E-state index in [1.165, 1.54) is 18.2 Å². The summed E-state index contributed by atoms with van der Waals surface area (Å²) in [6.45, 7) is 0. The van der Waals surface area contributed by atoms with Crippen LogP contribution in [0.2, 0.25) is 0 Å². The number of anilines is 4. The predicted octanol–water partition coefficient (Wildman–Crippen LogP) is 4.19. The first-order chi connectivity index (χ1) is 13.3. The van der Waals surface area contributed by atoms with Crippen LogP contribution in [0.3, 0.4) is 0 Å². The monoisotopic (exact) mass is 399 g/mol. The Labute approximate surface area is 162 Å². The Morgan fingerprint density at radius 3 is 2.25 bits per heavy atom. The minimum Gasteiger partial charge on any atom is -0.355 e. The molecule has 0 spiro atoms. The summed E-state index contributed by atoms with van der Waals surface area (Å²) in [5.74, 6) is -0.721. The van der Waals surface area contributed by atoms with Crippen molar-refractivity contribution in [2.24, 2.45) is 0 Å². The molecule has 3 N–H and O–H groups in total. The van der Waals surface area contributed by atoms with Crippen LogP contribution in [0.25, 0.3) is 0 Å². The van der Waals surface area contributed by atoms with Crippen LogP contribution in [-0.2, 0) is 10.0 Å². The van der Waals surface area contributed by atoms with E-state index in [-0.39, 0.29) is 11.7 Å². The maximum Gasteiger partial charge on any atom is 0.257 e. The van der Waals surface area contributed by atoms with Gasteiger partial charge in [-0.3, -0.25) is 9.52 Å². The average Bonchev–Trinajstić information content (AvgIpc) is 2.63. The smallest absolute Gasteiger partial charge is 0.257 e. The number of nitrogens with one attached hydrogen (secondary N) is 3.